The lowest BCUT2D eigenvalue weighted by molar-refractivity contribution is -0.138. The summed E-state index contributed by atoms with van der Waals surface area (Å²) in [7, 11) is 0. The fourth-order valence-electron chi connectivity index (χ4n) is 3.71. The van der Waals surface area contributed by atoms with E-state index in [0.717, 1.165) is 64.8 Å². The Morgan fingerprint density at radius 2 is 2.05 bits per heavy atom. The van der Waals surface area contributed by atoms with Crippen molar-refractivity contribution in [3.8, 4) is 0 Å². The monoisotopic (exact) mass is 308 g/mol. The highest BCUT2D eigenvalue weighted by Gasteiger charge is 2.30. The van der Waals surface area contributed by atoms with Gasteiger partial charge in [0.1, 0.15) is 0 Å². The first-order valence-electron chi connectivity index (χ1n) is 8.90. The van der Waals surface area contributed by atoms with Gasteiger partial charge < -0.3 is 14.9 Å². The van der Waals surface area contributed by atoms with E-state index in [0.29, 0.717) is 11.8 Å². The molecule has 1 N–H and O–H groups in total. The topological polar surface area (TPSA) is 43.8 Å². The maximum atomic E-state index is 12.6. The third-order valence-corrected chi connectivity index (χ3v) is 5.08. The third kappa shape index (κ3) is 5.10. The number of hydrogen-bond acceptors (Lipinski definition) is 3. The molecule has 0 spiro atoms. The molecule has 4 nitrogen and oxygen atoms in total. The van der Waals surface area contributed by atoms with Crippen molar-refractivity contribution in [3.05, 3.63) is 12.7 Å². The molecule has 1 amide bonds. The molecular weight excluding hydrogens is 276 g/mol. The fourth-order valence-corrected chi connectivity index (χ4v) is 3.71. The predicted octanol–water partition coefficient (Wildman–Crippen LogP) is 2.28. The zero-order chi connectivity index (χ0) is 15.9. The van der Waals surface area contributed by atoms with Crippen LogP contribution in [0.15, 0.2) is 12.7 Å². The maximum Gasteiger partial charge on any atom is 0.225 e. The average molecular weight is 308 g/mol. The van der Waals surface area contributed by atoms with Gasteiger partial charge in [-0.3, -0.25) is 4.79 Å². The molecule has 2 atom stereocenters. The van der Waals surface area contributed by atoms with E-state index in [1.54, 1.807) is 0 Å². The van der Waals surface area contributed by atoms with Crippen LogP contribution < -0.4 is 0 Å². The summed E-state index contributed by atoms with van der Waals surface area (Å²) in [5, 5.41) is 9.98. The molecule has 2 aliphatic heterocycles. The molecule has 2 rings (SSSR count). The number of β-amino-alcohol motifs (C(OH)–C–C–N with tert-alkyl or cyclic N) is 1. The number of carbonyl (C=O) groups is 1. The van der Waals surface area contributed by atoms with Crippen molar-refractivity contribution >= 4 is 5.91 Å². The number of carbonyl (C=O) groups excluding carboxylic acids is 1. The van der Waals surface area contributed by atoms with Crippen molar-refractivity contribution in [1.29, 1.82) is 0 Å². The van der Waals surface area contributed by atoms with Crippen LogP contribution in [0.2, 0.25) is 0 Å². The Hall–Kier alpha value is -0.870. The van der Waals surface area contributed by atoms with Gasteiger partial charge in [0.2, 0.25) is 5.91 Å². The van der Waals surface area contributed by atoms with Gasteiger partial charge in [0.25, 0.3) is 0 Å². The number of aliphatic hydroxyl groups excluding tert-OH is 1. The van der Waals surface area contributed by atoms with Crippen molar-refractivity contribution < 1.29 is 9.90 Å². The van der Waals surface area contributed by atoms with Crippen LogP contribution >= 0.6 is 0 Å². The second kappa shape index (κ2) is 8.68. The van der Waals surface area contributed by atoms with E-state index in [1.807, 2.05) is 6.08 Å². The summed E-state index contributed by atoms with van der Waals surface area (Å²) < 4.78 is 0. The molecule has 0 aliphatic carbocycles. The molecule has 0 bridgehead atoms. The lowest BCUT2D eigenvalue weighted by Crippen LogP contribution is -2.46. The first-order valence-corrected chi connectivity index (χ1v) is 8.90. The molecular formula is C18H32N2O2. The molecule has 2 aliphatic rings. The first-order chi connectivity index (χ1) is 10.6. The van der Waals surface area contributed by atoms with Gasteiger partial charge in [0.05, 0.1) is 6.10 Å². The zero-order valence-corrected chi connectivity index (χ0v) is 14.0. The van der Waals surface area contributed by atoms with Gasteiger partial charge in [-0.1, -0.05) is 13.0 Å². The van der Waals surface area contributed by atoms with Gasteiger partial charge in [0.15, 0.2) is 0 Å². The van der Waals surface area contributed by atoms with Crippen molar-refractivity contribution in [2.24, 2.45) is 11.8 Å². The summed E-state index contributed by atoms with van der Waals surface area (Å²) in [6.07, 6.45) is 7.53. The Balaban J connectivity index is 1.72. The molecule has 2 saturated heterocycles. The molecule has 22 heavy (non-hydrogen) atoms. The molecule has 0 radical (unpaired) electrons. The van der Waals surface area contributed by atoms with Crippen LogP contribution in [-0.2, 0) is 4.79 Å². The first kappa shape index (κ1) is 17.5. The van der Waals surface area contributed by atoms with Gasteiger partial charge in [-0.05, 0) is 57.5 Å². The van der Waals surface area contributed by atoms with Crippen molar-refractivity contribution in [3.63, 3.8) is 0 Å². The number of piperidine rings is 2. The van der Waals surface area contributed by atoms with Crippen LogP contribution in [0.4, 0.5) is 0 Å². The highest BCUT2D eigenvalue weighted by Crippen LogP contribution is 2.23. The van der Waals surface area contributed by atoms with Crippen molar-refractivity contribution in [1.82, 2.24) is 9.80 Å². The maximum absolute atomic E-state index is 12.6. The Morgan fingerprint density at radius 3 is 2.68 bits per heavy atom. The molecule has 2 unspecified atom stereocenters. The van der Waals surface area contributed by atoms with Crippen LogP contribution in [0.1, 0.15) is 45.4 Å². The summed E-state index contributed by atoms with van der Waals surface area (Å²) in [4.78, 5) is 17.0. The standard InChI is InChI=1S/C18H32N2O2/c1-3-4-7-17(21)14-19-11-8-16(9-12-19)18(22)20-10-5-6-15(2)13-20/h3,15-17,21H,1,4-14H2,2H3. The van der Waals surface area contributed by atoms with E-state index in [4.69, 9.17) is 0 Å². The lowest BCUT2D eigenvalue weighted by Gasteiger charge is -2.37. The van der Waals surface area contributed by atoms with E-state index in [2.05, 4.69) is 23.3 Å². The van der Waals surface area contributed by atoms with Gasteiger partial charge in [-0.25, -0.2) is 0 Å². The summed E-state index contributed by atoms with van der Waals surface area (Å²) in [6.45, 7) is 10.4. The number of hydrogen-bond donors (Lipinski definition) is 1. The van der Waals surface area contributed by atoms with Crippen molar-refractivity contribution in [2.75, 3.05) is 32.7 Å². The number of allylic oxidation sites excluding steroid dienone is 1. The predicted molar refractivity (Wildman–Crippen MR) is 89.6 cm³/mol. The van der Waals surface area contributed by atoms with Gasteiger partial charge in [-0.15, -0.1) is 6.58 Å². The highest BCUT2D eigenvalue weighted by molar-refractivity contribution is 5.79. The minimum atomic E-state index is -0.270. The molecule has 126 valence electrons. The van der Waals surface area contributed by atoms with Crippen LogP contribution in [-0.4, -0.2) is 59.6 Å². The van der Waals surface area contributed by atoms with E-state index in [9.17, 15) is 9.90 Å². The Kier molecular flexibility index (Phi) is 6.90. The number of amides is 1. The van der Waals surface area contributed by atoms with Crippen LogP contribution in [0.25, 0.3) is 0 Å². The SMILES string of the molecule is C=CCCC(O)CN1CCC(C(=O)N2CCCC(C)C2)CC1. The Bertz CT molecular complexity index is 364. The van der Waals surface area contributed by atoms with Gasteiger partial charge >= 0.3 is 0 Å². The van der Waals surface area contributed by atoms with Crippen LogP contribution in [0, 0.1) is 11.8 Å². The van der Waals surface area contributed by atoms with Crippen LogP contribution in [0.5, 0.6) is 0 Å². The Morgan fingerprint density at radius 1 is 1.32 bits per heavy atom. The van der Waals surface area contributed by atoms with E-state index < -0.39 is 0 Å². The molecule has 0 aromatic rings. The number of nitrogens with zero attached hydrogens (tertiary/aromatic N) is 2. The second-order valence-corrected chi connectivity index (χ2v) is 7.13. The summed E-state index contributed by atoms with van der Waals surface area (Å²) in [6, 6.07) is 0. The Labute approximate surface area is 135 Å². The smallest absolute Gasteiger partial charge is 0.225 e. The fraction of sp³-hybridized carbons (Fsp3) is 0.833. The normalized spacial score (nSPS) is 25.9. The average Bonchev–Trinajstić information content (AvgIpc) is 2.53. The van der Waals surface area contributed by atoms with Gasteiger partial charge in [0, 0.05) is 25.6 Å². The third-order valence-electron chi connectivity index (χ3n) is 5.08. The molecule has 4 heteroatoms. The molecule has 0 aromatic carbocycles. The number of rotatable bonds is 6. The van der Waals surface area contributed by atoms with Crippen LogP contribution in [0.3, 0.4) is 0 Å². The minimum Gasteiger partial charge on any atom is -0.392 e. The molecule has 2 heterocycles. The highest BCUT2D eigenvalue weighted by atomic mass is 16.3. The molecule has 0 saturated carbocycles. The summed E-state index contributed by atoms with van der Waals surface area (Å²) >= 11 is 0. The van der Waals surface area contributed by atoms with E-state index in [1.165, 1.54) is 6.42 Å². The quantitative estimate of drug-likeness (QED) is 0.766. The summed E-state index contributed by atoms with van der Waals surface area (Å²) in [5.74, 6) is 1.23. The van der Waals surface area contributed by atoms with Crippen molar-refractivity contribution in [2.45, 2.75) is 51.6 Å². The largest absolute Gasteiger partial charge is 0.392 e. The number of likely N-dealkylation sites (tertiary alicyclic amines) is 2. The molecule has 2 fully saturated rings. The summed E-state index contributed by atoms with van der Waals surface area (Å²) in [5.41, 5.74) is 0. The van der Waals surface area contributed by atoms with E-state index >= 15 is 0 Å². The molecule has 0 aromatic heterocycles. The van der Waals surface area contributed by atoms with E-state index in [-0.39, 0.29) is 12.0 Å². The minimum absolute atomic E-state index is 0.201. The van der Waals surface area contributed by atoms with Gasteiger partial charge in [-0.2, -0.15) is 0 Å². The number of aliphatic hydroxyl groups is 1. The lowest BCUT2D eigenvalue weighted by atomic mass is 9.92. The zero-order valence-electron chi connectivity index (χ0n) is 14.0. The second-order valence-electron chi connectivity index (χ2n) is 7.13.